The predicted octanol–water partition coefficient (Wildman–Crippen LogP) is 0.0478. The minimum atomic E-state index is -3.20. The summed E-state index contributed by atoms with van der Waals surface area (Å²) in [4.78, 5) is 13.8. The second-order valence-corrected chi connectivity index (χ2v) is 7.81. The molecule has 0 unspecified atom stereocenters. The van der Waals surface area contributed by atoms with Crippen LogP contribution in [-0.2, 0) is 19.6 Å². The molecule has 2 saturated heterocycles. The number of rotatable bonds is 3. The number of amides is 1. The molecular weight excluding hydrogens is 268 g/mol. The van der Waals surface area contributed by atoms with Gasteiger partial charge in [-0.05, 0) is 26.7 Å². The van der Waals surface area contributed by atoms with Crippen molar-refractivity contribution in [2.75, 3.05) is 32.8 Å². The second kappa shape index (κ2) is 5.76. The molecule has 0 spiro atoms. The predicted molar refractivity (Wildman–Crippen MR) is 71.2 cm³/mol. The van der Waals surface area contributed by atoms with Crippen molar-refractivity contribution < 1.29 is 17.9 Å². The van der Waals surface area contributed by atoms with Crippen LogP contribution in [0.2, 0.25) is 0 Å². The first-order valence-electron chi connectivity index (χ1n) is 6.82. The third-order valence-corrected chi connectivity index (χ3v) is 5.99. The van der Waals surface area contributed by atoms with Crippen LogP contribution in [0.3, 0.4) is 0 Å². The first-order valence-corrected chi connectivity index (χ1v) is 8.32. The van der Waals surface area contributed by atoms with E-state index in [-0.39, 0.29) is 12.0 Å². The van der Waals surface area contributed by atoms with Crippen LogP contribution in [0.25, 0.3) is 0 Å². The van der Waals surface area contributed by atoms with E-state index in [1.165, 1.54) is 4.31 Å². The van der Waals surface area contributed by atoms with Gasteiger partial charge in [-0.2, -0.15) is 4.31 Å². The van der Waals surface area contributed by atoms with Crippen molar-refractivity contribution >= 4 is 15.9 Å². The van der Waals surface area contributed by atoms with Gasteiger partial charge in [0.2, 0.25) is 10.0 Å². The lowest BCUT2D eigenvalue weighted by atomic mass is 10.2. The minimum Gasteiger partial charge on any atom is -0.368 e. The fraction of sp³-hybridized carbons (Fsp3) is 0.917. The molecule has 2 aliphatic rings. The summed E-state index contributed by atoms with van der Waals surface area (Å²) < 4.78 is 30.9. The molecule has 1 amide bonds. The Morgan fingerprint density at radius 3 is 2.32 bits per heavy atom. The molecule has 1 atom stereocenters. The fourth-order valence-corrected chi connectivity index (χ4v) is 3.71. The van der Waals surface area contributed by atoms with Gasteiger partial charge in [0.1, 0.15) is 6.10 Å². The Balaban J connectivity index is 1.90. The molecule has 2 aliphatic heterocycles. The van der Waals surface area contributed by atoms with E-state index in [2.05, 4.69) is 0 Å². The van der Waals surface area contributed by atoms with E-state index in [4.69, 9.17) is 4.74 Å². The first-order chi connectivity index (χ1) is 8.93. The van der Waals surface area contributed by atoms with Crippen LogP contribution in [0.1, 0.15) is 26.7 Å². The summed E-state index contributed by atoms with van der Waals surface area (Å²) in [6.07, 6.45) is 1.40. The maximum absolute atomic E-state index is 12.1. The molecule has 6 nitrogen and oxygen atoms in total. The second-order valence-electron chi connectivity index (χ2n) is 5.32. The SMILES string of the molecule is CC(C)S(=O)(=O)N1CCN(C(=O)[C@H]2CCCO2)CC1. The van der Waals surface area contributed by atoms with Gasteiger partial charge in [-0.15, -0.1) is 0 Å². The molecule has 2 fully saturated rings. The summed E-state index contributed by atoms with van der Waals surface area (Å²) >= 11 is 0. The van der Waals surface area contributed by atoms with E-state index in [9.17, 15) is 13.2 Å². The van der Waals surface area contributed by atoms with E-state index in [1.54, 1.807) is 18.7 Å². The van der Waals surface area contributed by atoms with Crippen LogP contribution < -0.4 is 0 Å². The zero-order valence-electron chi connectivity index (χ0n) is 11.5. The van der Waals surface area contributed by atoms with Gasteiger partial charge in [-0.25, -0.2) is 8.42 Å². The van der Waals surface area contributed by atoms with Crippen molar-refractivity contribution in [1.29, 1.82) is 0 Å². The fourth-order valence-electron chi connectivity index (χ4n) is 2.44. The highest BCUT2D eigenvalue weighted by Gasteiger charge is 2.34. The van der Waals surface area contributed by atoms with E-state index in [1.807, 2.05) is 0 Å². The molecule has 0 bridgehead atoms. The lowest BCUT2D eigenvalue weighted by Gasteiger charge is -2.35. The first kappa shape index (κ1) is 14.7. The molecule has 0 N–H and O–H groups in total. The number of piperazine rings is 1. The Morgan fingerprint density at radius 2 is 1.84 bits per heavy atom. The van der Waals surface area contributed by atoms with E-state index in [0.29, 0.717) is 32.8 Å². The average Bonchev–Trinajstić information content (AvgIpc) is 2.91. The number of hydrogen-bond donors (Lipinski definition) is 0. The smallest absolute Gasteiger partial charge is 0.251 e. The van der Waals surface area contributed by atoms with Gasteiger partial charge in [0.05, 0.1) is 5.25 Å². The van der Waals surface area contributed by atoms with Gasteiger partial charge in [0.25, 0.3) is 5.91 Å². The summed E-state index contributed by atoms with van der Waals surface area (Å²) in [7, 11) is -3.20. The molecule has 2 heterocycles. The monoisotopic (exact) mass is 290 g/mol. The average molecular weight is 290 g/mol. The lowest BCUT2D eigenvalue weighted by molar-refractivity contribution is -0.142. The number of nitrogens with zero attached hydrogens (tertiary/aromatic N) is 2. The highest BCUT2D eigenvalue weighted by Crippen LogP contribution is 2.17. The highest BCUT2D eigenvalue weighted by atomic mass is 32.2. The topological polar surface area (TPSA) is 66.9 Å². The van der Waals surface area contributed by atoms with Crippen LogP contribution in [0.5, 0.6) is 0 Å². The molecule has 110 valence electrons. The Labute approximate surface area is 114 Å². The highest BCUT2D eigenvalue weighted by molar-refractivity contribution is 7.89. The van der Waals surface area contributed by atoms with Crippen LogP contribution >= 0.6 is 0 Å². The van der Waals surface area contributed by atoms with E-state index in [0.717, 1.165) is 12.8 Å². The van der Waals surface area contributed by atoms with Gasteiger partial charge in [0, 0.05) is 32.8 Å². The number of carbonyl (C=O) groups is 1. The maximum Gasteiger partial charge on any atom is 0.251 e. The molecule has 0 saturated carbocycles. The van der Waals surface area contributed by atoms with E-state index < -0.39 is 15.3 Å². The summed E-state index contributed by atoms with van der Waals surface area (Å²) in [5.74, 6) is 0.0131. The molecular formula is C12H22N2O4S. The van der Waals surface area contributed by atoms with Crippen LogP contribution in [0, 0.1) is 0 Å². The van der Waals surface area contributed by atoms with Crippen molar-refractivity contribution in [1.82, 2.24) is 9.21 Å². The van der Waals surface area contributed by atoms with Gasteiger partial charge in [-0.3, -0.25) is 4.79 Å². The normalized spacial score (nSPS) is 26.1. The zero-order chi connectivity index (χ0) is 14.0. The van der Waals surface area contributed by atoms with Crippen molar-refractivity contribution in [2.45, 2.75) is 38.0 Å². The number of ether oxygens (including phenoxy) is 1. The molecule has 19 heavy (non-hydrogen) atoms. The van der Waals surface area contributed by atoms with Crippen molar-refractivity contribution in [3.05, 3.63) is 0 Å². The van der Waals surface area contributed by atoms with Crippen LogP contribution in [0.15, 0.2) is 0 Å². The number of sulfonamides is 1. The Hall–Kier alpha value is -0.660. The van der Waals surface area contributed by atoms with Gasteiger partial charge >= 0.3 is 0 Å². The summed E-state index contributed by atoms with van der Waals surface area (Å²) in [5, 5.41) is -0.409. The van der Waals surface area contributed by atoms with Crippen molar-refractivity contribution in [3.63, 3.8) is 0 Å². The maximum atomic E-state index is 12.1. The quantitative estimate of drug-likeness (QED) is 0.736. The van der Waals surface area contributed by atoms with E-state index >= 15 is 0 Å². The molecule has 0 radical (unpaired) electrons. The zero-order valence-corrected chi connectivity index (χ0v) is 12.4. The third-order valence-electron chi connectivity index (χ3n) is 3.71. The summed E-state index contributed by atoms with van der Waals surface area (Å²) in [6, 6.07) is 0. The molecule has 0 aromatic rings. The third kappa shape index (κ3) is 3.09. The van der Waals surface area contributed by atoms with Crippen molar-refractivity contribution in [2.24, 2.45) is 0 Å². The van der Waals surface area contributed by atoms with Gasteiger partial charge in [-0.1, -0.05) is 0 Å². The summed E-state index contributed by atoms with van der Waals surface area (Å²) in [6.45, 7) is 5.71. The molecule has 7 heteroatoms. The van der Waals surface area contributed by atoms with Crippen LogP contribution in [-0.4, -0.2) is 67.7 Å². The van der Waals surface area contributed by atoms with Crippen molar-refractivity contribution in [3.8, 4) is 0 Å². The molecule has 2 rings (SSSR count). The number of carbonyl (C=O) groups excluding carboxylic acids is 1. The largest absolute Gasteiger partial charge is 0.368 e. The summed E-state index contributed by atoms with van der Waals surface area (Å²) in [5.41, 5.74) is 0. The molecule has 0 aromatic heterocycles. The molecule has 0 aromatic carbocycles. The molecule has 0 aliphatic carbocycles. The standard InChI is InChI=1S/C12H22N2O4S/c1-10(2)19(16,17)14-7-5-13(6-8-14)12(15)11-4-3-9-18-11/h10-11H,3-9H2,1-2H3/t11-/m1/s1. The Kier molecular flexibility index (Phi) is 4.47. The Bertz CT molecular complexity index is 421. The minimum absolute atomic E-state index is 0.0131. The number of hydrogen-bond acceptors (Lipinski definition) is 4. The Morgan fingerprint density at radius 1 is 1.21 bits per heavy atom. The van der Waals surface area contributed by atoms with Gasteiger partial charge in [0.15, 0.2) is 0 Å². The van der Waals surface area contributed by atoms with Gasteiger partial charge < -0.3 is 9.64 Å². The lowest BCUT2D eigenvalue weighted by Crippen LogP contribution is -2.53. The van der Waals surface area contributed by atoms with Crippen LogP contribution in [0.4, 0.5) is 0 Å².